The molecule has 0 radical (unpaired) electrons. The number of sulfonamides is 1. The van der Waals surface area contributed by atoms with Crippen molar-refractivity contribution in [1.29, 1.82) is 0 Å². The number of rotatable bonds is 7. The van der Waals surface area contributed by atoms with Gasteiger partial charge in [0.1, 0.15) is 0 Å². The summed E-state index contributed by atoms with van der Waals surface area (Å²) in [6, 6.07) is 20.3. The quantitative estimate of drug-likeness (QED) is 0.557. The van der Waals surface area contributed by atoms with Gasteiger partial charge in [-0.15, -0.1) is 0 Å². The third-order valence-electron chi connectivity index (χ3n) is 4.94. The number of anilines is 1. The Morgan fingerprint density at radius 1 is 0.906 bits per heavy atom. The first-order valence-electron chi connectivity index (χ1n) is 9.68. The molecule has 3 amide bonds. The second-order valence-electron chi connectivity index (χ2n) is 7.01. The summed E-state index contributed by atoms with van der Waals surface area (Å²) in [4.78, 5) is 26.8. The number of benzene rings is 3. The lowest BCUT2D eigenvalue weighted by Gasteiger charge is -2.31. The lowest BCUT2D eigenvalue weighted by Crippen LogP contribution is -2.45. The molecule has 0 saturated carbocycles. The van der Waals surface area contributed by atoms with Crippen molar-refractivity contribution in [1.82, 2.24) is 4.31 Å². The molecule has 2 N–H and O–H groups in total. The van der Waals surface area contributed by atoms with Crippen molar-refractivity contribution in [3.63, 3.8) is 0 Å². The minimum Gasteiger partial charge on any atom is -0.351 e. The van der Waals surface area contributed by atoms with Crippen LogP contribution in [0.2, 0.25) is 5.02 Å². The molecule has 7 nitrogen and oxygen atoms in total. The van der Waals surface area contributed by atoms with E-state index in [1.54, 1.807) is 79.8 Å². The van der Waals surface area contributed by atoms with E-state index in [2.05, 4.69) is 0 Å². The fourth-order valence-corrected chi connectivity index (χ4v) is 4.89. The molecule has 0 saturated heterocycles. The molecule has 3 rings (SSSR count). The average Bonchev–Trinajstić information content (AvgIpc) is 2.79. The first kappa shape index (κ1) is 23.3. The molecule has 0 bridgehead atoms. The van der Waals surface area contributed by atoms with Crippen molar-refractivity contribution < 1.29 is 18.0 Å². The third kappa shape index (κ3) is 5.09. The fourth-order valence-electron chi connectivity index (χ4n) is 3.27. The lowest BCUT2D eigenvalue weighted by atomic mass is 10.0. The Hall–Kier alpha value is -3.36. The number of hydrogen-bond donors (Lipinski definition) is 1. The predicted octanol–water partition coefficient (Wildman–Crippen LogP) is 4.20. The highest BCUT2D eigenvalue weighted by Gasteiger charge is 2.37. The van der Waals surface area contributed by atoms with E-state index in [0.29, 0.717) is 20.6 Å². The van der Waals surface area contributed by atoms with Crippen LogP contribution < -0.4 is 10.6 Å². The summed E-state index contributed by atoms with van der Waals surface area (Å²) < 4.78 is 27.2. The number of primary amides is 1. The van der Waals surface area contributed by atoms with Gasteiger partial charge in [-0.25, -0.2) is 17.5 Å². The normalized spacial score (nSPS) is 12.1. The SMILES string of the molecule is CN(C(=O)C[C@@H](c1ccccc1)N(C(N)=O)S(=O)(=O)c1ccccc1)c1ccc(Cl)cc1. The number of nitrogens with two attached hydrogens (primary N) is 1. The van der Waals surface area contributed by atoms with E-state index < -0.39 is 28.0 Å². The Kier molecular flexibility index (Phi) is 7.17. The number of carbonyl (C=O) groups is 2. The Morgan fingerprint density at radius 3 is 1.97 bits per heavy atom. The van der Waals surface area contributed by atoms with E-state index >= 15 is 0 Å². The second kappa shape index (κ2) is 9.84. The Morgan fingerprint density at radius 2 is 1.44 bits per heavy atom. The summed E-state index contributed by atoms with van der Waals surface area (Å²) in [6.07, 6.45) is -0.307. The maximum Gasteiger partial charge on any atom is 0.329 e. The molecule has 0 aliphatic rings. The Labute approximate surface area is 192 Å². The van der Waals surface area contributed by atoms with Gasteiger partial charge in [0.2, 0.25) is 5.91 Å². The zero-order valence-electron chi connectivity index (χ0n) is 17.3. The van der Waals surface area contributed by atoms with Gasteiger partial charge in [0, 0.05) is 17.8 Å². The summed E-state index contributed by atoms with van der Waals surface area (Å²) in [5, 5.41) is 0.519. The van der Waals surface area contributed by atoms with Crippen LogP contribution in [0.4, 0.5) is 10.5 Å². The van der Waals surface area contributed by atoms with Gasteiger partial charge in [-0.2, -0.15) is 0 Å². The number of halogens is 1. The number of amides is 3. The molecule has 3 aromatic carbocycles. The van der Waals surface area contributed by atoms with Gasteiger partial charge >= 0.3 is 6.03 Å². The van der Waals surface area contributed by atoms with E-state index in [1.165, 1.54) is 17.0 Å². The van der Waals surface area contributed by atoms with Crippen LogP contribution in [0.15, 0.2) is 89.8 Å². The molecule has 0 unspecified atom stereocenters. The number of urea groups is 1. The maximum absolute atomic E-state index is 13.3. The van der Waals surface area contributed by atoms with Gasteiger partial charge in [0.15, 0.2) is 0 Å². The molecule has 1 atom stereocenters. The van der Waals surface area contributed by atoms with Crippen LogP contribution in [0.5, 0.6) is 0 Å². The maximum atomic E-state index is 13.3. The summed E-state index contributed by atoms with van der Waals surface area (Å²) in [5.41, 5.74) is 6.58. The fraction of sp³-hybridized carbons (Fsp3) is 0.130. The molecule has 0 aliphatic heterocycles. The van der Waals surface area contributed by atoms with Gasteiger partial charge in [0.25, 0.3) is 10.0 Å². The highest BCUT2D eigenvalue weighted by atomic mass is 35.5. The predicted molar refractivity (Wildman–Crippen MR) is 124 cm³/mol. The van der Waals surface area contributed by atoms with Crippen molar-refractivity contribution in [2.45, 2.75) is 17.4 Å². The second-order valence-corrected chi connectivity index (χ2v) is 9.26. The number of carbonyl (C=O) groups excluding carboxylic acids is 2. The molecular formula is C23H22ClN3O4S. The van der Waals surface area contributed by atoms with Crippen LogP contribution in [0.3, 0.4) is 0 Å². The molecule has 0 fully saturated rings. The molecule has 9 heteroatoms. The zero-order valence-corrected chi connectivity index (χ0v) is 18.8. The average molecular weight is 472 g/mol. The van der Waals surface area contributed by atoms with Crippen molar-refractivity contribution in [3.05, 3.63) is 95.5 Å². The van der Waals surface area contributed by atoms with Gasteiger partial charge in [-0.3, -0.25) is 4.79 Å². The molecule has 0 aliphatic carbocycles. The summed E-state index contributed by atoms with van der Waals surface area (Å²) in [6.45, 7) is 0. The van der Waals surface area contributed by atoms with E-state index in [9.17, 15) is 18.0 Å². The van der Waals surface area contributed by atoms with E-state index in [1.807, 2.05) is 0 Å². The van der Waals surface area contributed by atoms with Crippen LogP contribution in [-0.2, 0) is 14.8 Å². The Bertz CT molecular complexity index is 1190. The molecule has 0 heterocycles. The third-order valence-corrected chi connectivity index (χ3v) is 7.01. The highest BCUT2D eigenvalue weighted by molar-refractivity contribution is 7.89. The molecule has 166 valence electrons. The standard InChI is InChI=1S/C23H22ClN3O4S/c1-26(19-14-12-18(24)13-15-19)22(28)16-21(17-8-4-2-5-9-17)27(23(25)29)32(30,31)20-10-6-3-7-11-20/h2-15,21H,16H2,1H3,(H2,25,29)/t21-/m0/s1. The zero-order chi connectivity index (χ0) is 23.3. The summed E-state index contributed by atoms with van der Waals surface area (Å²) in [7, 11) is -2.76. The largest absolute Gasteiger partial charge is 0.351 e. The van der Waals surface area contributed by atoms with Crippen LogP contribution in [0.25, 0.3) is 0 Å². The van der Waals surface area contributed by atoms with Crippen molar-refractivity contribution in [2.75, 3.05) is 11.9 Å². The van der Waals surface area contributed by atoms with Crippen LogP contribution in [0.1, 0.15) is 18.0 Å². The van der Waals surface area contributed by atoms with Gasteiger partial charge < -0.3 is 10.6 Å². The number of nitrogens with zero attached hydrogens (tertiary/aromatic N) is 2. The highest BCUT2D eigenvalue weighted by Crippen LogP contribution is 2.31. The monoisotopic (exact) mass is 471 g/mol. The van der Waals surface area contributed by atoms with E-state index in [4.69, 9.17) is 17.3 Å². The van der Waals surface area contributed by atoms with Crippen molar-refractivity contribution in [2.24, 2.45) is 5.73 Å². The lowest BCUT2D eigenvalue weighted by molar-refractivity contribution is -0.119. The topological polar surface area (TPSA) is 101 Å². The molecular weight excluding hydrogens is 450 g/mol. The van der Waals surface area contributed by atoms with Gasteiger partial charge in [-0.05, 0) is 42.0 Å². The molecule has 3 aromatic rings. The van der Waals surface area contributed by atoms with E-state index in [0.717, 1.165) is 0 Å². The first-order valence-corrected chi connectivity index (χ1v) is 11.5. The smallest absolute Gasteiger partial charge is 0.329 e. The Balaban J connectivity index is 2.02. The van der Waals surface area contributed by atoms with Gasteiger partial charge in [0.05, 0.1) is 17.4 Å². The van der Waals surface area contributed by atoms with Crippen molar-refractivity contribution in [3.8, 4) is 0 Å². The summed E-state index contributed by atoms with van der Waals surface area (Å²) >= 11 is 5.92. The van der Waals surface area contributed by atoms with Crippen LogP contribution >= 0.6 is 11.6 Å². The molecule has 32 heavy (non-hydrogen) atoms. The first-order chi connectivity index (χ1) is 15.2. The van der Waals surface area contributed by atoms with Crippen LogP contribution in [0, 0.1) is 0 Å². The molecule has 0 spiro atoms. The number of hydrogen-bond acceptors (Lipinski definition) is 4. The minimum absolute atomic E-state index is 0.0989. The van der Waals surface area contributed by atoms with Crippen molar-refractivity contribution >= 4 is 39.2 Å². The van der Waals surface area contributed by atoms with Crippen LogP contribution in [-0.4, -0.2) is 31.7 Å². The minimum atomic E-state index is -4.32. The summed E-state index contributed by atoms with van der Waals surface area (Å²) in [5.74, 6) is -0.407. The molecule has 0 aromatic heterocycles. The van der Waals surface area contributed by atoms with E-state index in [-0.39, 0.29) is 11.3 Å². The van der Waals surface area contributed by atoms with Gasteiger partial charge in [-0.1, -0.05) is 60.1 Å².